The molecule has 0 aliphatic rings. The Morgan fingerprint density at radius 3 is 2.75 bits per heavy atom. The Hall–Kier alpha value is -0.990. The van der Waals surface area contributed by atoms with Crippen molar-refractivity contribution in [2.75, 3.05) is 0 Å². The largest absolute Gasteiger partial charge is 0.401 e. The lowest BCUT2D eigenvalue weighted by Crippen LogP contribution is -2.03. The fourth-order valence-corrected chi connectivity index (χ4v) is 1.52. The summed E-state index contributed by atoms with van der Waals surface area (Å²) in [4.78, 5) is 0. The van der Waals surface area contributed by atoms with E-state index >= 15 is 0 Å². The minimum Gasteiger partial charge on any atom is -0.401 e. The maximum absolute atomic E-state index is 13.1. The van der Waals surface area contributed by atoms with Crippen molar-refractivity contribution >= 4 is 23.2 Å². The molecule has 0 saturated heterocycles. The zero-order valence-electron chi connectivity index (χ0n) is 8.81. The normalized spacial score (nSPS) is 13.0. The van der Waals surface area contributed by atoms with Crippen molar-refractivity contribution in [1.29, 1.82) is 0 Å². The van der Waals surface area contributed by atoms with Crippen molar-refractivity contribution in [2.45, 2.75) is 13.3 Å². The lowest BCUT2D eigenvalue weighted by Gasteiger charge is -2.04. The highest BCUT2D eigenvalue weighted by Gasteiger charge is 2.03. The molecule has 0 aromatic heterocycles. The fraction of sp³-hybridized carbons (Fsp3) is 0.167. The molecule has 0 radical (unpaired) electrons. The van der Waals surface area contributed by atoms with Crippen LogP contribution in [0.3, 0.4) is 0 Å². The van der Waals surface area contributed by atoms with Gasteiger partial charge in [0.2, 0.25) is 0 Å². The second kappa shape index (κ2) is 5.92. The van der Waals surface area contributed by atoms with Crippen LogP contribution >= 0.6 is 23.2 Å². The van der Waals surface area contributed by atoms with E-state index in [1.807, 2.05) is 6.92 Å². The summed E-state index contributed by atoms with van der Waals surface area (Å²) in [5.74, 6) is -0.450. The van der Waals surface area contributed by atoms with Crippen LogP contribution in [0.5, 0.6) is 0 Å². The number of halogens is 3. The summed E-state index contributed by atoms with van der Waals surface area (Å²) < 4.78 is 13.1. The van der Waals surface area contributed by atoms with Crippen molar-refractivity contribution in [2.24, 2.45) is 5.73 Å². The summed E-state index contributed by atoms with van der Waals surface area (Å²) in [7, 11) is 0. The third-order valence-electron chi connectivity index (χ3n) is 2.00. The van der Waals surface area contributed by atoms with Crippen LogP contribution in [-0.4, -0.2) is 0 Å². The first kappa shape index (κ1) is 13.1. The molecule has 16 heavy (non-hydrogen) atoms. The van der Waals surface area contributed by atoms with E-state index < -0.39 is 5.82 Å². The molecule has 1 rings (SSSR count). The topological polar surface area (TPSA) is 26.0 Å². The fourth-order valence-electron chi connectivity index (χ4n) is 1.21. The highest BCUT2D eigenvalue weighted by atomic mass is 35.5. The molecule has 0 aliphatic carbocycles. The van der Waals surface area contributed by atoms with Crippen LogP contribution in [0.4, 0.5) is 4.39 Å². The molecule has 0 amide bonds. The average molecular weight is 260 g/mol. The molecule has 86 valence electrons. The van der Waals surface area contributed by atoms with E-state index in [-0.39, 0.29) is 5.02 Å². The molecule has 0 unspecified atom stereocenters. The van der Waals surface area contributed by atoms with Crippen molar-refractivity contribution in [3.05, 3.63) is 57.5 Å². The van der Waals surface area contributed by atoms with Crippen molar-refractivity contribution < 1.29 is 4.39 Å². The summed E-state index contributed by atoms with van der Waals surface area (Å²) >= 11 is 11.5. The molecule has 4 heteroatoms. The van der Waals surface area contributed by atoms with Gasteiger partial charge < -0.3 is 5.73 Å². The van der Waals surface area contributed by atoms with Gasteiger partial charge in [0.25, 0.3) is 0 Å². The maximum atomic E-state index is 13.1. The summed E-state index contributed by atoms with van der Waals surface area (Å²) in [6.45, 7) is 1.84. The molecular weight excluding hydrogens is 248 g/mol. The van der Waals surface area contributed by atoms with Gasteiger partial charge in [-0.1, -0.05) is 35.3 Å². The van der Waals surface area contributed by atoms with Gasteiger partial charge in [0.1, 0.15) is 5.82 Å². The predicted molar refractivity (Wildman–Crippen MR) is 67.0 cm³/mol. The Labute approximate surface area is 104 Å². The Bertz CT molecular complexity index is 439. The molecule has 0 bridgehead atoms. The van der Waals surface area contributed by atoms with Gasteiger partial charge in [-0.3, -0.25) is 0 Å². The molecule has 0 fully saturated rings. The molecule has 1 aromatic rings. The molecular formula is C12H12Cl2FN. The first-order valence-corrected chi connectivity index (χ1v) is 5.51. The molecule has 0 aliphatic heterocycles. The van der Waals surface area contributed by atoms with Crippen LogP contribution in [0.25, 0.3) is 0 Å². The number of nitrogens with two attached hydrogens (primary N) is 1. The lowest BCUT2D eigenvalue weighted by atomic mass is 10.1. The quantitative estimate of drug-likeness (QED) is 0.816. The van der Waals surface area contributed by atoms with Crippen molar-refractivity contribution in [3.63, 3.8) is 0 Å². The minimum atomic E-state index is -0.450. The van der Waals surface area contributed by atoms with E-state index in [0.717, 1.165) is 5.56 Å². The van der Waals surface area contributed by atoms with E-state index in [9.17, 15) is 4.39 Å². The standard InChI is InChI=1S/C12H12Cl2FN/c1-2-3-10(14)12(16)7-8-4-5-9(13)11(15)6-8/h2-6H,7,16H2,1H3/b3-2-,12-10+. The monoisotopic (exact) mass is 259 g/mol. The minimum absolute atomic E-state index is 0.103. The van der Waals surface area contributed by atoms with Crippen LogP contribution < -0.4 is 5.73 Å². The SMILES string of the molecule is C/C=C\C(Cl)=C(/N)Cc1ccc(Cl)c(F)c1. The number of hydrogen-bond donors (Lipinski definition) is 1. The summed E-state index contributed by atoms with van der Waals surface area (Å²) in [6.07, 6.45) is 3.89. The third-order valence-corrected chi connectivity index (χ3v) is 2.67. The van der Waals surface area contributed by atoms with Crippen LogP contribution in [0.2, 0.25) is 5.02 Å². The van der Waals surface area contributed by atoms with Gasteiger partial charge in [-0.15, -0.1) is 0 Å². The first-order chi connectivity index (χ1) is 7.54. The van der Waals surface area contributed by atoms with Gasteiger partial charge in [-0.25, -0.2) is 4.39 Å². The lowest BCUT2D eigenvalue weighted by molar-refractivity contribution is 0.626. The molecule has 1 aromatic carbocycles. The van der Waals surface area contributed by atoms with Gasteiger partial charge in [0, 0.05) is 12.1 Å². The van der Waals surface area contributed by atoms with Gasteiger partial charge in [-0.05, 0) is 30.7 Å². The van der Waals surface area contributed by atoms with Crippen molar-refractivity contribution in [3.8, 4) is 0 Å². The smallest absolute Gasteiger partial charge is 0.142 e. The highest BCUT2D eigenvalue weighted by molar-refractivity contribution is 6.31. The Kier molecular flexibility index (Phi) is 4.84. The van der Waals surface area contributed by atoms with E-state index in [1.165, 1.54) is 12.1 Å². The Morgan fingerprint density at radius 2 is 2.19 bits per heavy atom. The van der Waals surface area contributed by atoms with Gasteiger partial charge in [-0.2, -0.15) is 0 Å². The molecule has 1 nitrogen and oxygen atoms in total. The van der Waals surface area contributed by atoms with Crippen LogP contribution in [0.1, 0.15) is 12.5 Å². The molecule has 2 N–H and O–H groups in total. The van der Waals surface area contributed by atoms with Gasteiger partial charge in [0.15, 0.2) is 0 Å². The number of hydrogen-bond acceptors (Lipinski definition) is 1. The zero-order valence-corrected chi connectivity index (χ0v) is 10.3. The molecule has 0 heterocycles. The van der Waals surface area contributed by atoms with E-state index in [1.54, 1.807) is 18.2 Å². The second-order valence-corrected chi connectivity index (χ2v) is 4.11. The summed E-state index contributed by atoms with van der Waals surface area (Å²) in [5, 5.41) is 0.573. The number of benzene rings is 1. The van der Waals surface area contributed by atoms with E-state index in [4.69, 9.17) is 28.9 Å². The van der Waals surface area contributed by atoms with Crippen LogP contribution in [-0.2, 0) is 6.42 Å². The average Bonchev–Trinajstić information content (AvgIpc) is 2.24. The zero-order chi connectivity index (χ0) is 12.1. The Balaban J connectivity index is 2.89. The van der Waals surface area contributed by atoms with Crippen LogP contribution in [0.15, 0.2) is 41.1 Å². The number of allylic oxidation sites excluding steroid dienone is 4. The number of rotatable bonds is 3. The van der Waals surface area contributed by atoms with Crippen molar-refractivity contribution in [1.82, 2.24) is 0 Å². The third kappa shape index (κ3) is 3.54. The maximum Gasteiger partial charge on any atom is 0.142 e. The van der Waals surface area contributed by atoms with Gasteiger partial charge >= 0.3 is 0 Å². The molecule has 0 saturated carbocycles. The molecule has 0 spiro atoms. The molecule has 0 atom stereocenters. The van der Waals surface area contributed by atoms with E-state index in [2.05, 4.69) is 0 Å². The summed E-state index contributed by atoms with van der Waals surface area (Å²) in [6, 6.07) is 4.58. The second-order valence-electron chi connectivity index (χ2n) is 3.30. The highest BCUT2D eigenvalue weighted by Crippen LogP contribution is 2.18. The first-order valence-electron chi connectivity index (χ1n) is 4.75. The van der Waals surface area contributed by atoms with Gasteiger partial charge in [0.05, 0.1) is 10.1 Å². The van der Waals surface area contributed by atoms with E-state index in [0.29, 0.717) is 17.2 Å². The summed E-state index contributed by atoms with van der Waals surface area (Å²) in [5.41, 5.74) is 7.00. The Morgan fingerprint density at radius 1 is 1.50 bits per heavy atom. The van der Waals surface area contributed by atoms with Crippen LogP contribution in [0, 0.1) is 5.82 Å². The predicted octanol–water partition coefficient (Wildman–Crippen LogP) is 4.01.